The van der Waals surface area contributed by atoms with Crippen LogP contribution in [-0.2, 0) is 6.54 Å². The lowest BCUT2D eigenvalue weighted by molar-refractivity contribution is 0.202. The number of hydrogen-bond donors (Lipinski definition) is 1. The molecule has 0 amide bonds. The van der Waals surface area contributed by atoms with Crippen LogP contribution in [0.15, 0.2) is 24.3 Å². The highest BCUT2D eigenvalue weighted by Crippen LogP contribution is 2.19. The van der Waals surface area contributed by atoms with Crippen LogP contribution in [-0.4, -0.2) is 23.0 Å². The highest BCUT2D eigenvalue weighted by Gasteiger charge is 2.20. The predicted octanol–water partition coefficient (Wildman–Crippen LogP) is 2.32. The fourth-order valence-corrected chi connectivity index (χ4v) is 2.46. The third kappa shape index (κ3) is 3.48. The van der Waals surface area contributed by atoms with Crippen LogP contribution in [0.1, 0.15) is 18.4 Å². The maximum absolute atomic E-state index is 12.8. The minimum absolute atomic E-state index is 0.180. The zero-order valence-corrected chi connectivity index (χ0v) is 10.5. The molecule has 1 saturated heterocycles. The fourth-order valence-electron chi connectivity index (χ4n) is 2.22. The van der Waals surface area contributed by atoms with Crippen molar-refractivity contribution < 1.29 is 4.39 Å². The van der Waals surface area contributed by atoms with Gasteiger partial charge in [-0.15, -0.1) is 0 Å². The van der Waals surface area contributed by atoms with E-state index in [9.17, 15) is 4.39 Å². The summed E-state index contributed by atoms with van der Waals surface area (Å²) >= 11 is 5.02. The summed E-state index contributed by atoms with van der Waals surface area (Å²) in [6.07, 6.45) is 2.08. The Hall–Kier alpha value is -1.00. The summed E-state index contributed by atoms with van der Waals surface area (Å²) in [5.74, 6) is 0.218. The van der Waals surface area contributed by atoms with Gasteiger partial charge in [0.2, 0.25) is 0 Å². The second-order valence-corrected chi connectivity index (χ2v) is 5.05. The summed E-state index contributed by atoms with van der Waals surface area (Å²) in [7, 11) is 0. The van der Waals surface area contributed by atoms with Crippen LogP contribution in [0.5, 0.6) is 0 Å². The van der Waals surface area contributed by atoms with Crippen LogP contribution in [0.2, 0.25) is 0 Å². The topological polar surface area (TPSA) is 29.3 Å². The van der Waals surface area contributed by atoms with Gasteiger partial charge in [0, 0.05) is 12.5 Å². The van der Waals surface area contributed by atoms with Gasteiger partial charge in [-0.3, -0.25) is 4.90 Å². The number of benzene rings is 1. The van der Waals surface area contributed by atoms with Crippen molar-refractivity contribution in [3.63, 3.8) is 0 Å². The summed E-state index contributed by atoms with van der Waals surface area (Å²) in [6.45, 7) is 2.91. The zero-order valence-electron chi connectivity index (χ0n) is 9.73. The highest BCUT2D eigenvalue weighted by atomic mass is 32.1. The zero-order chi connectivity index (χ0) is 12.3. The second kappa shape index (κ2) is 5.56. The molecule has 0 radical (unpaired) electrons. The third-order valence-corrected chi connectivity index (χ3v) is 3.64. The van der Waals surface area contributed by atoms with Gasteiger partial charge in [0.05, 0.1) is 4.99 Å². The Bertz CT molecular complexity index is 383. The number of nitrogens with zero attached hydrogens (tertiary/aromatic N) is 1. The van der Waals surface area contributed by atoms with E-state index < -0.39 is 0 Å². The SMILES string of the molecule is NC(=S)C1CCN(Cc2ccc(F)cc2)CC1. The molecule has 1 aromatic carbocycles. The lowest BCUT2D eigenvalue weighted by Gasteiger charge is -2.31. The van der Waals surface area contributed by atoms with Crippen molar-refractivity contribution in [1.29, 1.82) is 0 Å². The number of hydrogen-bond acceptors (Lipinski definition) is 2. The van der Waals surface area contributed by atoms with Crippen molar-refractivity contribution in [2.75, 3.05) is 13.1 Å². The maximum atomic E-state index is 12.8. The van der Waals surface area contributed by atoms with Crippen LogP contribution in [0.4, 0.5) is 4.39 Å². The minimum atomic E-state index is -0.180. The molecule has 2 N–H and O–H groups in total. The molecule has 0 aliphatic carbocycles. The fraction of sp³-hybridized carbons (Fsp3) is 0.462. The highest BCUT2D eigenvalue weighted by molar-refractivity contribution is 7.80. The van der Waals surface area contributed by atoms with Gasteiger partial charge in [-0.05, 0) is 43.6 Å². The van der Waals surface area contributed by atoms with Gasteiger partial charge in [0.1, 0.15) is 5.82 Å². The molecule has 1 heterocycles. The Balaban J connectivity index is 1.85. The number of rotatable bonds is 3. The summed E-state index contributed by atoms with van der Waals surface area (Å²) in [5, 5.41) is 0. The van der Waals surface area contributed by atoms with E-state index in [1.165, 1.54) is 12.1 Å². The molecule has 17 heavy (non-hydrogen) atoms. The van der Waals surface area contributed by atoms with Crippen molar-refractivity contribution in [1.82, 2.24) is 4.90 Å². The maximum Gasteiger partial charge on any atom is 0.123 e. The average Bonchev–Trinajstić information content (AvgIpc) is 2.33. The number of nitrogens with two attached hydrogens (primary N) is 1. The van der Waals surface area contributed by atoms with Gasteiger partial charge in [-0.1, -0.05) is 24.4 Å². The van der Waals surface area contributed by atoms with Gasteiger partial charge >= 0.3 is 0 Å². The molecule has 1 aromatic rings. The van der Waals surface area contributed by atoms with E-state index in [-0.39, 0.29) is 5.82 Å². The van der Waals surface area contributed by atoms with Crippen LogP contribution >= 0.6 is 12.2 Å². The average molecular weight is 252 g/mol. The van der Waals surface area contributed by atoms with Gasteiger partial charge in [0.25, 0.3) is 0 Å². The first-order valence-electron chi connectivity index (χ1n) is 5.91. The number of halogens is 1. The van der Waals surface area contributed by atoms with Crippen molar-refractivity contribution in [2.45, 2.75) is 19.4 Å². The first-order valence-corrected chi connectivity index (χ1v) is 6.32. The van der Waals surface area contributed by atoms with Crippen LogP contribution in [0.3, 0.4) is 0 Å². The molecule has 2 rings (SSSR count). The monoisotopic (exact) mass is 252 g/mol. The Labute approximate surface area is 107 Å². The van der Waals surface area contributed by atoms with Crippen molar-refractivity contribution in [3.8, 4) is 0 Å². The van der Waals surface area contributed by atoms with Gasteiger partial charge in [0.15, 0.2) is 0 Å². The van der Waals surface area contributed by atoms with E-state index in [4.69, 9.17) is 18.0 Å². The molecule has 1 aliphatic rings. The molecule has 0 atom stereocenters. The smallest absolute Gasteiger partial charge is 0.123 e. The summed E-state index contributed by atoms with van der Waals surface area (Å²) < 4.78 is 12.8. The van der Waals surface area contributed by atoms with E-state index in [0.29, 0.717) is 10.9 Å². The summed E-state index contributed by atoms with van der Waals surface area (Å²) in [5.41, 5.74) is 6.81. The lowest BCUT2D eigenvalue weighted by Crippen LogP contribution is -2.37. The van der Waals surface area contributed by atoms with E-state index in [2.05, 4.69) is 4.90 Å². The third-order valence-electron chi connectivity index (χ3n) is 3.31. The van der Waals surface area contributed by atoms with E-state index in [1.807, 2.05) is 12.1 Å². The van der Waals surface area contributed by atoms with Crippen LogP contribution in [0, 0.1) is 11.7 Å². The van der Waals surface area contributed by atoms with E-state index >= 15 is 0 Å². The van der Waals surface area contributed by atoms with Crippen LogP contribution in [0.25, 0.3) is 0 Å². The first-order chi connectivity index (χ1) is 8.15. The quantitative estimate of drug-likeness (QED) is 0.837. The molecule has 1 aliphatic heterocycles. The molecule has 0 bridgehead atoms. The lowest BCUT2D eigenvalue weighted by atomic mass is 9.96. The molecule has 0 saturated carbocycles. The predicted molar refractivity (Wildman–Crippen MR) is 71.2 cm³/mol. The normalized spacial score (nSPS) is 18.2. The van der Waals surface area contributed by atoms with Gasteiger partial charge in [-0.25, -0.2) is 4.39 Å². The number of thiocarbonyl (C=S) groups is 1. The minimum Gasteiger partial charge on any atom is -0.393 e. The van der Waals surface area contributed by atoms with Gasteiger partial charge < -0.3 is 5.73 Å². The molecule has 0 unspecified atom stereocenters. The number of piperidine rings is 1. The Kier molecular flexibility index (Phi) is 4.07. The summed E-state index contributed by atoms with van der Waals surface area (Å²) in [6, 6.07) is 6.71. The molecule has 0 aromatic heterocycles. The standard InChI is InChI=1S/C13H17FN2S/c14-12-3-1-10(2-4-12)9-16-7-5-11(6-8-16)13(15)17/h1-4,11H,5-9H2,(H2,15,17). The molecule has 4 heteroatoms. The van der Waals surface area contributed by atoms with E-state index in [1.54, 1.807) is 0 Å². The first kappa shape index (κ1) is 12.5. The Morgan fingerprint density at radius 1 is 1.29 bits per heavy atom. The van der Waals surface area contributed by atoms with Crippen molar-refractivity contribution in [2.24, 2.45) is 11.7 Å². The van der Waals surface area contributed by atoms with E-state index in [0.717, 1.165) is 38.0 Å². The number of likely N-dealkylation sites (tertiary alicyclic amines) is 1. The molecule has 0 spiro atoms. The van der Waals surface area contributed by atoms with Crippen LogP contribution < -0.4 is 5.73 Å². The Morgan fingerprint density at radius 3 is 2.41 bits per heavy atom. The summed E-state index contributed by atoms with van der Waals surface area (Å²) in [4.78, 5) is 3.01. The molecule has 1 fully saturated rings. The largest absolute Gasteiger partial charge is 0.393 e. The molecular weight excluding hydrogens is 235 g/mol. The van der Waals surface area contributed by atoms with Crippen molar-refractivity contribution in [3.05, 3.63) is 35.6 Å². The Morgan fingerprint density at radius 2 is 1.88 bits per heavy atom. The molecule has 92 valence electrons. The molecule has 2 nitrogen and oxygen atoms in total. The van der Waals surface area contributed by atoms with Gasteiger partial charge in [-0.2, -0.15) is 0 Å². The second-order valence-electron chi connectivity index (χ2n) is 4.58. The molecular formula is C13H17FN2S. The van der Waals surface area contributed by atoms with Crippen molar-refractivity contribution >= 4 is 17.2 Å².